The average Bonchev–Trinajstić information content (AvgIpc) is 3.31. The summed E-state index contributed by atoms with van der Waals surface area (Å²) in [7, 11) is 0. The Balaban J connectivity index is 1.63. The molecule has 0 spiro atoms. The summed E-state index contributed by atoms with van der Waals surface area (Å²) >= 11 is 0. The molecule has 0 bridgehead atoms. The number of rotatable bonds is 5. The standard InChI is InChI=1S/C21H27N3O3/c1-3-24-18(11-15(2)22-24)21(25)23(17-7-5-4-6-8-17)13-16-9-10-19-20(12-16)27-14-26-19/h9-12,17H,3-8,13-14H2,1-2H3. The van der Waals surface area contributed by atoms with Gasteiger partial charge in [-0.05, 0) is 50.5 Å². The van der Waals surface area contributed by atoms with E-state index in [1.165, 1.54) is 19.3 Å². The number of hydrogen-bond acceptors (Lipinski definition) is 4. The van der Waals surface area contributed by atoms with E-state index in [1.807, 2.05) is 47.7 Å². The zero-order valence-corrected chi connectivity index (χ0v) is 16.1. The Hall–Kier alpha value is -2.50. The Morgan fingerprint density at radius 1 is 1.19 bits per heavy atom. The van der Waals surface area contributed by atoms with Crippen LogP contribution in [0.4, 0.5) is 0 Å². The molecule has 1 saturated carbocycles. The first kappa shape index (κ1) is 17.9. The van der Waals surface area contributed by atoms with Gasteiger partial charge in [0.25, 0.3) is 5.91 Å². The number of amides is 1. The smallest absolute Gasteiger partial charge is 0.272 e. The zero-order chi connectivity index (χ0) is 18.8. The number of benzene rings is 1. The summed E-state index contributed by atoms with van der Waals surface area (Å²) in [6.07, 6.45) is 5.75. The number of carbonyl (C=O) groups is 1. The van der Waals surface area contributed by atoms with Crippen LogP contribution in [0, 0.1) is 6.92 Å². The van der Waals surface area contributed by atoms with Gasteiger partial charge < -0.3 is 14.4 Å². The topological polar surface area (TPSA) is 56.6 Å². The first-order valence-electron chi connectivity index (χ1n) is 9.89. The molecule has 1 aliphatic heterocycles. The van der Waals surface area contributed by atoms with E-state index >= 15 is 0 Å². The summed E-state index contributed by atoms with van der Waals surface area (Å²) in [6, 6.07) is 8.13. The van der Waals surface area contributed by atoms with Crippen molar-refractivity contribution in [2.75, 3.05) is 6.79 Å². The molecule has 4 rings (SSSR count). The molecule has 1 aliphatic carbocycles. The van der Waals surface area contributed by atoms with E-state index in [2.05, 4.69) is 5.10 Å². The highest BCUT2D eigenvalue weighted by Crippen LogP contribution is 2.34. The molecule has 0 radical (unpaired) electrons. The Morgan fingerprint density at radius 3 is 2.74 bits per heavy atom. The molecule has 27 heavy (non-hydrogen) atoms. The molecule has 0 N–H and O–H groups in total. The number of hydrogen-bond donors (Lipinski definition) is 0. The van der Waals surface area contributed by atoms with Gasteiger partial charge in [-0.2, -0.15) is 5.10 Å². The van der Waals surface area contributed by atoms with Gasteiger partial charge in [-0.15, -0.1) is 0 Å². The minimum Gasteiger partial charge on any atom is -0.454 e. The maximum Gasteiger partial charge on any atom is 0.272 e. The summed E-state index contributed by atoms with van der Waals surface area (Å²) < 4.78 is 12.7. The van der Waals surface area contributed by atoms with Gasteiger partial charge in [-0.1, -0.05) is 25.3 Å². The minimum atomic E-state index is 0.0713. The molecule has 1 aromatic heterocycles. The van der Waals surface area contributed by atoms with E-state index in [9.17, 15) is 4.79 Å². The first-order chi connectivity index (χ1) is 13.2. The maximum absolute atomic E-state index is 13.5. The molecule has 0 atom stereocenters. The van der Waals surface area contributed by atoms with Crippen LogP contribution in [0.2, 0.25) is 0 Å². The van der Waals surface area contributed by atoms with Gasteiger partial charge >= 0.3 is 0 Å². The van der Waals surface area contributed by atoms with E-state index in [0.29, 0.717) is 18.8 Å². The Labute approximate surface area is 160 Å². The number of aryl methyl sites for hydroxylation is 2. The van der Waals surface area contributed by atoms with Crippen LogP contribution in [0.25, 0.3) is 0 Å². The van der Waals surface area contributed by atoms with Gasteiger partial charge in [-0.25, -0.2) is 0 Å². The van der Waals surface area contributed by atoms with E-state index < -0.39 is 0 Å². The molecule has 0 unspecified atom stereocenters. The summed E-state index contributed by atoms with van der Waals surface area (Å²) in [5.74, 6) is 1.61. The van der Waals surface area contributed by atoms with Crippen molar-refractivity contribution in [2.45, 2.75) is 65.1 Å². The molecule has 6 nitrogen and oxygen atoms in total. The van der Waals surface area contributed by atoms with Crippen molar-refractivity contribution in [1.82, 2.24) is 14.7 Å². The Kier molecular flexibility index (Phi) is 5.05. The predicted octanol–water partition coefficient (Wildman–Crippen LogP) is 3.92. The van der Waals surface area contributed by atoms with Gasteiger partial charge in [0.2, 0.25) is 6.79 Å². The van der Waals surface area contributed by atoms with Gasteiger partial charge in [0.15, 0.2) is 11.5 Å². The lowest BCUT2D eigenvalue weighted by molar-refractivity contribution is 0.0601. The molecule has 144 valence electrons. The third-order valence-corrected chi connectivity index (χ3v) is 5.49. The van der Waals surface area contributed by atoms with Crippen molar-refractivity contribution in [3.05, 3.63) is 41.2 Å². The van der Waals surface area contributed by atoms with Crippen LogP contribution in [0.15, 0.2) is 24.3 Å². The van der Waals surface area contributed by atoms with E-state index in [-0.39, 0.29) is 18.7 Å². The van der Waals surface area contributed by atoms with Gasteiger partial charge in [0.05, 0.1) is 5.69 Å². The predicted molar refractivity (Wildman–Crippen MR) is 102 cm³/mol. The van der Waals surface area contributed by atoms with Crippen LogP contribution in [0.1, 0.15) is 60.8 Å². The number of nitrogens with zero attached hydrogens (tertiary/aromatic N) is 3. The largest absolute Gasteiger partial charge is 0.454 e. The van der Waals surface area contributed by atoms with Crippen LogP contribution < -0.4 is 9.47 Å². The highest BCUT2D eigenvalue weighted by molar-refractivity contribution is 5.93. The second-order valence-electron chi connectivity index (χ2n) is 7.40. The van der Waals surface area contributed by atoms with Crippen molar-refractivity contribution in [1.29, 1.82) is 0 Å². The van der Waals surface area contributed by atoms with Gasteiger partial charge in [0.1, 0.15) is 5.69 Å². The van der Waals surface area contributed by atoms with Crippen LogP contribution in [-0.4, -0.2) is 33.4 Å². The fourth-order valence-electron chi connectivity index (χ4n) is 4.10. The summed E-state index contributed by atoms with van der Waals surface area (Å²) in [5.41, 5.74) is 2.63. The average molecular weight is 369 g/mol. The number of ether oxygens (including phenoxy) is 2. The summed E-state index contributed by atoms with van der Waals surface area (Å²) in [6.45, 7) is 5.49. The Morgan fingerprint density at radius 2 is 1.96 bits per heavy atom. The van der Waals surface area contributed by atoms with Crippen molar-refractivity contribution >= 4 is 5.91 Å². The SMILES string of the molecule is CCn1nc(C)cc1C(=O)N(Cc1ccc2c(c1)OCO2)C1CCCCC1. The van der Waals surface area contributed by atoms with Crippen molar-refractivity contribution in [3.63, 3.8) is 0 Å². The molecule has 0 saturated heterocycles. The lowest BCUT2D eigenvalue weighted by Crippen LogP contribution is -2.41. The Bertz CT molecular complexity index is 824. The van der Waals surface area contributed by atoms with Crippen molar-refractivity contribution in [3.8, 4) is 11.5 Å². The van der Waals surface area contributed by atoms with Crippen LogP contribution in [0.5, 0.6) is 11.5 Å². The van der Waals surface area contributed by atoms with Gasteiger partial charge in [0, 0.05) is 19.1 Å². The molecule has 2 aromatic rings. The molecule has 2 aliphatic rings. The second-order valence-corrected chi connectivity index (χ2v) is 7.40. The van der Waals surface area contributed by atoms with E-state index in [0.717, 1.165) is 35.6 Å². The number of fused-ring (bicyclic) bond motifs is 1. The first-order valence-corrected chi connectivity index (χ1v) is 9.89. The van der Waals surface area contributed by atoms with E-state index in [4.69, 9.17) is 9.47 Å². The molecule has 1 amide bonds. The normalized spacial score (nSPS) is 16.5. The lowest BCUT2D eigenvalue weighted by atomic mass is 9.93. The monoisotopic (exact) mass is 369 g/mol. The van der Waals surface area contributed by atoms with E-state index in [1.54, 1.807) is 0 Å². The second kappa shape index (κ2) is 7.62. The fraction of sp³-hybridized carbons (Fsp3) is 0.524. The van der Waals surface area contributed by atoms with Crippen LogP contribution in [-0.2, 0) is 13.1 Å². The highest BCUT2D eigenvalue weighted by Gasteiger charge is 2.29. The third-order valence-electron chi connectivity index (χ3n) is 5.49. The number of carbonyl (C=O) groups excluding carboxylic acids is 1. The van der Waals surface area contributed by atoms with Crippen LogP contribution in [0.3, 0.4) is 0 Å². The zero-order valence-electron chi connectivity index (χ0n) is 16.1. The lowest BCUT2D eigenvalue weighted by Gasteiger charge is -2.34. The van der Waals surface area contributed by atoms with Gasteiger partial charge in [-0.3, -0.25) is 9.48 Å². The molecule has 6 heteroatoms. The van der Waals surface area contributed by atoms with Crippen molar-refractivity contribution < 1.29 is 14.3 Å². The van der Waals surface area contributed by atoms with Crippen LogP contribution >= 0.6 is 0 Å². The quantitative estimate of drug-likeness (QED) is 0.802. The summed E-state index contributed by atoms with van der Waals surface area (Å²) in [5, 5.41) is 4.46. The molecule has 1 aromatic carbocycles. The van der Waals surface area contributed by atoms with Crippen molar-refractivity contribution in [2.24, 2.45) is 0 Å². The highest BCUT2D eigenvalue weighted by atomic mass is 16.7. The third kappa shape index (κ3) is 3.66. The fourth-order valence-corrected chi connectivity index (χ4v) is 4.10. The molecular weight excluding hydrogens is 342 g/mol. The molecular formula is C21H27N3O3. The summed E-state index contributed by atoms with van der Waals surface area (Å²) in [4.78, 5) is 15.5. The number of aromatic nitrogens is 2. The molecule has 1 fully saturated rings. The maximum atomic E-state index is 13.5. The molecule has 2 heterocycles. The minimum absolute atomic E-state index is 0.0713.